The van der Waals surface area contributed by atoms with Gasteiger partial charge in [-0.3, -0.25) is 14.5 Å². The summed E-state index contributed by atoms with van der Waals surface area (Å²) in [4.78, 5) is 26.4. The van der Waals surface area contributed by atoms with E-state index in [0.29, 0.717) is 13.1 Å². The Kier molecular flexibility index (Phi) is 5.30. The fourth-order valence-electron chi connectivity index (χ4n) is 4.35. The molecule has 0 bridgehead atoms. The van der Waals surface area contributed by atoms with E-state index in [2.05, 4.69) is 15.5 Å². The Labute approximate surface area is 160 Å². The molecule has 1 aromatic carbocycles. The molecule has 0 radical (unpaired) electrons. The normalized spacial score (nSPS) is 19.3. The van der Waals surface area contributed by atoms with Gasteiger partial charge >= 0.3 is 0 Å². The zero-order valence-corrected chi connectivity index (χ0v) is 16.7. The maximum absolute atomic E-state index is 13.4. The number of benzene rings is 1. The molecule has 2 aliphatic rings. The van der Waals surface area contributed by atoms with Crippen LogP contribution < -0.4 is 10.6 Å². The van der Waals surface area contributed by atoms with E-state index < -0.39 is 0 Å². The number of nitrogens with one attached hydrogen (secondary N) is 2. The Bertz CT molecular complexity index is 707. The summed E-state index contributed by atoms with van der Waals surface area (Å²) in [7, 11) is 0. The van der Waals surface area contributed by atoms with E-state index in [9.17, 15) is 14.0 Å². The maximum atomic E-state index is 13.4. The Morgan fingerprint density at radius 1 is 1.22 bits per heavy atom. The van der Waals surface area contributed by atoms with Gasteiger partial charge in [0.15, 0.2) is 0 Å². The van der Waals surface area contributed by atoms with Crippen LogP contribution in [0.2, 0.25) is 0 Å². The van der Waals surface area contributed by atoms with Gasteiger partial charge in [-0.2, -0.15) is 0 Å². The van der Waals surface area contributed by atoms with Crippen molar-refractivity contribution in [3.05, 3.63) is 35.1 Å². The number of hydrogen-bond acceptors (Lipinski definition) is 3. The molecule has 5 nitrogen and oxygen atoms in total. The molecule has 1 aromatic rings. The molecule has 0 atom stereocenters. The predicted molar refractivity (Wildman–Crippen MR) is 102 cm³/mol. The van der Waals surface area contributed by atoms with Gasteiger partial charge in [-0.15, -0.1) is 0 Å². The first kappa shape index (κ1) is 19.8. The second-order valence-corrected chi connectivity index (χ2v) is 9.40. The largest absolute Gasteiger partial charge is 0.352 e. The van der Waals surface area contributed by atoms with E-state index in [4.69, 9.17) is 0 Å². The summed E-state index contributed by atoms with van der Waals surface area (Å²) >= 11 is 0. The highest BCUT2D eigenvalue weighted by molar-refractivity contribution is 5.80. The Hall–Kier alpha value is -1.95. The number of aryl methyl sites for hydroxylation is 1. The molecule has 2 fully saturated rings. The lowest BCUT2D eigenvalue weighted by molar-refractivity contribution is -0.148. The van der Waals surface area contributed by atoms with Gasteiger partial charge in [0.1, 0.15) is 5.82 Å². The number of carbonyl (C=O) groups is 2. The van der Waals surface area contributed by atoms with Crippen molar-refractivity contribution in [3.8, 4) is 0 Å². The number of rotatable bonds is 5. The molecule has 1 aliphatic heterocycles. The van der Waals surface area contributed by atoms with Crippen LogP contribution in [0.1, 0.15) is 44.7 Å². The molecule has 0 aromatic heterocycles. The van der Waals surface area contributed by atoms with Crippen molar-refractivity contribution in [2.24, 2.45) is 11.3 Å². The third-order valence-corrected chi connectivity index (χ3v) is 5.30. The van der Waals surface area contributed by atoms with Gasteiger partial charge in [-0.05, 0) is 69.2 Å². The number of hydrogen-bond donors (Lipinski definition) is 2. The standard InChI is InChI=1S/C21H30FN3O2/c1-14-5-15(7-17(22)6-14)10-23-19(27)16-8-21(9-16)12-25(13-21)11-18(26)24-20(2,3)4/h5-7,16H,8-13H2,1-4H3,(H,23,27)(H,24,26). The first-order chi connectivity index (χ1) is 12.5. The molecular weight excluding hydrogens is 345 g/mol. The quantitative estimate of drug-likeness (QED) is 0.831. The maximum Gasteiger partial charge on any atom is 0.234 e. The topological polar surface area (TPSA) is 61.4 Å². The summed E-state index contributed by atoms with van der Waals surface area (Å²) in [6, 6.07) is 4.82. The fourth-order valence-corrected chi connectivity index (χ4v) is 4.35. The molecule has 1 saturated heterocycles. The molecule has 6 heteroatoms. The molecule has 148 valence electrons. The SMILES string of the molecule is Cc1cc(F)cc(CNC(=O)C2CC3(C2)CN(CC(=O)NC(C)(C)C)C3)c1. The highest BCUT2D eigenvalue weighted by Gasteiger charge is 2.54. The van der Waals surface area contributed by atoms with Crippen molar-refractivity contribution in [1.29, 1.82) is 0 Å². The van der Waals surface area contributed by atoms with Gasteiger partial charge in [0.2, 0.25) is 11.8 Å². The van der Waals surface area contributed by atoms with Gasteiger partial charge in [0, 0.05) is 31.1 Å². The minimum atomic E-state index is -0.271. The van der Waals surface area contributed by atoms with Crippen LogP contribution in [-0.4, -0.2) is 41.9 Å². The number of amides is 2. The van der Waals surface area contributed by atoms with E-state index >= 15 is 0 Å². The van der Waals surface area contributed by atoms with Crippen LogP contribution in [0.5, 0.6) is 0 Å². The molecule has 2 amide bonds. The van der Waals surface area contributed by atoms with Gasteiger partial charge < -0.3 is 10.6 Å². The molecule has 1 spiro atoms. The lowest BCUT2D eigenvalue weighted by atomic mass is 9.57. The second-order valence-electron chi connectivity index (χ2n) is 9.40. The number of carbonyl (C=O) groups excluding carboxylic acids is 2. The first-order valence-corrected chi connectivity index (χ1v) is 9.61. The van der Waals surface area contributed by atoms with Crippen molar-refractivity contribution in [2.45, 2.75) is 52.6 Å². The summed E-state index contributed by atoms with van der Waals surface area (Å²) in [6.07, 6.45) is 1.75. The molecule has 3 rings (SSSR count). The Balaban J connectivity index is 1.37. The molecule has 1 aliphatic carbocycles. The van der Waals surface area contributed by atoms with Gasteiger partial charge in [0.25, 0.3) is 0 Å². The van der Waals surface area contributed by atoms with Crippen LogP contribution in [-0.2, 0) is 16.1 Å². The lowest BCUT2D eigenvalue weighted by Crippen LogP contribution is -2.65. The van der Waals surface area contributed by atoms with Crippen molar-refractivity contribution < 1.29 is 14.0 Å². The highest BCUT2D eigenvalue weighted by atomic mass is 19.1. The number of likely N-dealkylation sites (tertiary alicyclic amines) is 1. The molecule has 0 unspecified atom stereocenters. The predicted octanol–water partition coefficient (Wildman–Crippen LogP) is 2.38. The number of nitrogens with zero attached hydrogens (tertiary/aromatic N) is 1. The third-order valence-electron chi connectivity index (χ3n) is 5.30. The summed E-state index contributed by atoms with van der Waals surface area (Å²) in [5.74, 6) is -0.139. The minimum Gasteiger partial charge on any atom is -0.352 e. The van der Waals surface area contributed by atoms with Crippen LogP contribution in [0.25, 0.3) is 0 Å². The van der Waals surface area contributed by atoms with Gasteiger partial charge in [-0.1, -0.05) is 6.07 Å². The average Bonchev–Trinajstić information content (AvgIpc) is 2.43. The molecule has 27 heavy (non-hydrogen) atoms. The van der Waals surface area contributed by atoms with Crippen LogP contribution in [0, 0.1) is 24.1 Å². The Morgan fingerprint density at radius 2 is 1.89 bits per heavy atom. The summed E-state index contributed by atoms with van der Waals surface area (Å²) in [6.45, 7) is 10.3. The smallest absolute Gasteiger partial charge is 0.234 e. The van der Waals surface area contributed by atoms with Crippen LogP contribution in [0.4, 0.5) is 4.39 Å². The van der Waals surface area contributed by atoms with E-state index in [1.807, 2.05) is 33.8 Å². The van der Waals surface area contributed by atoms with E-state index in [0.717, 1.165) is 37.1 Å². The Morgan fingerprint density at radius 3 is 2.48 bits per heavy atom. The van der Waals surface area contributed by atoms with E-state index in [-0.39, 0.29) is 34.5 Å². The van der Waals surface area contributed by atoms with Crippen molar-refractivity contribution in [1.82, 2.24) is 15.5 Å². The summed E-state index contributed by atoms with van der Waals surface area (Å²) in [5.41, 5.74) is 1.64. The number of halogens is 1. The van der Waals surface area contributed by atoms with Gasteiger partial charge in [0.05, 0.1) is 6.54 Å². The summed E-state index contributed by atoms with van der Waals surface area (Å²) < 4.78 is 13.4. The highest BCUT2D eigenvalue weighted by Crippen LogP contribution is 2.51. The van der Waals surface area contributed by atoms with E-state index in [1.165, 1.54) is 12.1 Å². The third kappa shape index (κ3) is 5.06. The molecule has 1 heterocycles. The second kappa shape index (κ2) is 7.23. The average molecular weight is 375 g/mol. The van der Waals surface area contributed by atoms with Crippen molar-refractivity contribution in [3.63, 3.8) is 0 Å². The van der Waals surface area contributed by atoms with Crippen LogP contribution in [0.15, 0.2) is 18.2 Å². The molecule has 1 saturated carbocycles. The fraction of sp³-hybridized carbons (Fsp3) is 0.619. The molecular formula is C21H30FN3O2. The van der Waals surface area contributed by atoms with Crippen molar-refractivity contribution in [2.75, 3.05) is 19.6 Å². The van der Waals surface area contributed by atoms with Crippen LogP contribution >= 0.6 is 0 Å². The summed E-state index contributed by atoms with van der Waals surface area (Å²) in [5, 5.41) is 5.90. The zero-order valence-electron chi connectivity index (χ0n) is 16.7. The zero-order chi connectivity index (χ0) is 19.8. The lowest BCUT2D eigenvalue weighted by Gasteiger charge is -2.58. The van der Waals surface area contributed by atoms with Gasteiger partial charge in [-0.25, -0.2) is 4.39 Å². The minimum absolute atomic E-state index is 0.0326. The monoisotopic (exact) mass is 375 g/mol. The van der Waals surface area contributed by atoms with Crippen molar-refractivity contribution >= 4 is 11.8 Å². The molecule has 2 N–H and O–H groups in total. The van der Waals surface area contributed by atoms with Crippen LogP contribution in [0.3, 0.4) is 0 Å². The first-order valence-electron chi connectivity index (χ1n) is 9.61. The van der Waals surface area contributed by atoms with E-state index in [1.54, 1.807) is 0 Å².